The molecule has 2 aromatic carbocycles. The molecule has 1 amide bonds. The quantitative estimate of drug-likeness (QED) is 0.523. The van der Waals surface area contributed by atoms with Crippen LogP contribution in [-0.4, -0.2) is 28.6 Å². The zero-order chi connectivity index (χ0) is 18.9. The second-order valence-corrected chi connectivity index (χ2v) is 5.52. The predicted octanol–water partition coefficient (Wildman–Crippen LogP) is 3.42. The number of aliphatic carboxylic acids is 1. The molecule has 0 aliphatic carbocycles. The van der Waals surface area contributed by atoms with Crippen molar-refractivity contribution in [3.05, 3.63) is 65.7 Å². The van der Waals surface area contributed by atoms with Crippen LogP contribution in [0.1, 0.15) is 11.1 Å². The van der Waals surface area contributed by atoms with Crippen molar-refractivity contribution in [3.63, 3.8) is 0 Å². The fourth-order valence-corrected chi connectivity index (χ4v) is 2.12. The van der Waals surface area contributed by atoms with Crippen molar-refractivity contribution in [1.82, 2.24) is 5.32 Å². The number of hydrogen-bond acceptors (Lipinski definition) is 5. The Hall–Kier alpha value is -3.48. The van der Waals surface area contributed by atoms with Gasteiger partial charge in [0.15, 0.2) is 0 Å². The van der Waals surface area contributed by atoms with E-state index in [1.165, 1.54) is 6.07 Å². The highest BCUT2D eigenvalue weighted by Gasteiger charge is 2.04. The lowest BCUT2D eigenvalue weighted by Crippen LogP contribution is -2.23. The molecule has 134 valence electrons. The van der Waals surface area contributed by atoms with Crippen molar-refractivity contribution in [2.45, 2.75) is 13.3 Å². The summed E-state index contributed by atoms with van der Waals surface area (Å²) in [4.78, 5) is 21.8. The number of aryl methyl sites for hydroxylation is 1. The minimum atomic E-state index is -1.18. The highest BCUT2D eigenvalue weighted by Crippen LogP contribution is 2.30. The summed E-state index contributed by atoms with van der Waals surface area (Å²) in [5, 5.41) is 29.2. The summed E-state index contributed by atoms with van der Waals surface area (Å²) < 4.78 is 0. The van der Waals surface area contributed by atoms with Crippen LogP contribution in [0, 0.1) is 6.92 Å². The standard InChI is InChI=1S/C19H19N3O4/c1-13-4-2-3-5-15(13)21-22-16-12-14(6-7-17(16)23)10-11-20-18(24)8-9-19(25)26/h2-9,12,23H,10-11H2,1H3,(H,20,24)(H,25,26)/b9-8+,22-21?. The van der Waals surface area contributed by atoms with Gasteiger partial charge in [0.05, 0.1) is 5.69 Å². The van der Waals surface area contributed by atoms with Gasteiger partial charge in [-0.1, -0.05) is 24.3 Å². The largest absolute Gasteiger partial charge is 0.506 e. The second-order valence-electron chi connectivity index (χ2n) is 5.52. The van der Waals surface area contributed by atoms with Crippen molar-refractivity contribution < 1.29 is 19.8 Å². The molecule has 0 spiro atoms. The van der Waals surface area contributed by atoms with E-state index in [-0.39, 0.29) is 5.75 Å². The third-order valence-electron chi connectivity index (χ3n) is 3.51. The molecular formula is C19H19N3O4. The van der Waals surface area contributed by atoms with Gasteiger partial charge in [0, 0.05) is 18.7 Å². The smallest absolute Gasteiger partial charge is 0.328 e. The topological polar surface area (TPSA) is 111 Å². The molecule has 0 aromatic heterocycles. The lowest BCUT2D eigenvalue weighted by atomic mass is 10.1. The Bertz CT molecular complexity index is 860. The molecule has 26 heavy (non-hydrogen) atoms. The number of phenols is 1. The van der Waals surface area contributed by atoms with Crippen molar-refractivity contribution in [2.24, 2.45) is 10.2 Å². The highest BCUT2D eigenvalue weighted by atomic mass is 16.4. The van der Waals surface area contributed by atoms with E-state index < -0.39 is 11.9 Å². The fourth-order valence-electron chi connectivity index (χ4n) is 2.12. The molecule has 2 rings (SSSR count). The van der Waals surface area contributed by atoms with Gasteiger partial charge in [0.2, 0.25) is 5.91 Å². The molecule has 7 heteroatoms. The number of carbonyl (C=O) groups is 2. The van der Waals surface area contributed by atoms with E-state index in [0.29, 0.717) is 18.7 Å². The first-order valence-electron chi connectivity index (χ1n) is 7.94. The lowest BCUT2D eigenvalue weighted by Gasteiger charge is -2.05. The van der Waals surface area contributed by atoms with Gasteiger partial charge < -0.3 is 15.5 Å². The Morgan fingerprint density at radius 3 is 2.54 bits per heavy atom. The molecule has 0 unspecified atom stereocenters. The van der Waals surface area contributed by atoms with E-state index in [4.69, 9.17) is 5.11 Å². The molecule has 0 radical (unpaired) electrons. The van der Waals surface area contributed by atoms with Gasteiger partial charge in [-0.2, -0.15) is 5.11 Å². The Morgan fingerprint density at radius 1 is 1.08 bits per heavy atom. The minimum absolute atomic E-state index is 0.0134. The van der Waals surface area contributed by atoms with Crippen LogP contribution in [0.5, 0.6) is 5.75 Å². The number of carbonyl (C=O) groups excluding carboxylic acids is 1. The normalized spacial score (nSPS) is 11.1. The Kier molecular flexibility index (Phi) is 6.61. The van der Waals surface area contributed by atoms with Crippen LogP contribution in [0.25, 0.3) is 0 Å². The first-order valence-corrected chi connectivity index (χ1v) is 7.94. The van der Waals surface area contributed by atoms with Crippen LogP contribution in [0.15, 0.2) is 64.8 Å². The average Bonchev–Trinajstić information content (AvgIpc) is 2.61. The number of carboxylic acid groups (broad SMARTS) is 1. The second kappa shape index (κ2) is 9.12. The van der Waals surface area contributed by atoms with E-state index >= 15 is 0 Å². The summed E-state index contributed by atoms with van der Waals surface area (Å²) >= 11 is 0. The molecule has 0 bridgehead atoms. The van der Waals surface area contributed by atoms with E-state index in [9.17, 15) is 14.7 Å². The molecule has 0 atom stereocenters. The number of amides is 1. The molecule has 3 N–H and O–H groups in total. The van der Waals surface area contributed by atoms with Gasteiger partial charge in [-0.05, 0) is 42.7 Å². The summed E-state index contributed by atoms with van der Waals surface area (Å²) in [7, 11) is 0. The van der Waals surface area contributed by atoms with Crippen LogP contribution < -0.4 is 5.32 Å². The number of carboxylic acids is 1. The van der Waals surface area contributed by atoms with Crippen LogP contribution in [0.3, 0.4) is 0 Å². The maximum Gasteiger partial charge on any atom is 0.328 e. The third kappa shape index (κ3) is 5.86. The van der Waals surface area contributed by atoms with Gasteiger partial charge in [-0.25, -0.2) is 4.79 Å². The van der Waals surface area contributed by atoms with E-state index in [0.717, 1.165) is 29.0 Å². The van der Waals surface area contributed by atoms with Crippen LogP contribution >= 0.6 is 0 Å². The van der Waals surface area contributed by atoms with Crippen LogP contribution in [-0.2, 0) is 16.0 Å². The molecule has 0 aliphatic rings. The minimum Gasteiger partial charge on any atom is -0.506 e. The van der Waals surface area contributed by atoms with E-state index in [2.05, 4.69) is 15.5 Å². The molecule has 2 aromatic rings. The highest BCUT2D eigenvalue weighted by molar-refractivity contribution is 5.93. The Balaban J connectivity index is 2.00. The number of nitrogens with zero attached hydrogens (tertiary/aromatic N) is 2. The zero-order valence-electron chi connectivity index (χ0n) is 14.2. The van der Waals surface area contributed by atoms with Gasteiger partial charge >= 0.3 is 5.97 Å². The van der Waals surface area contributed by atoms with E-state index in [1.54, 1.807) is 12.1 Å². The number of phenolic OH excluding ortho intramolecular Hbond substituents is 1. The summed E-state index contributed by atoms with van der Waals surface area (Å²) in [5.74, 6) is -1.65. The number of aromatic hydroxyl groups is 1. The molecule has 0 saturated carbocycles. The maximum atomic E-state index is 11.4. The summed E-state index contributed by atoms with van der Waals surface area (Å²) in [6.07, 6.45) is 2.24. The fraction of sp³-hybridized carbons (Fsp3) is 0.158. The molecule has 0 saturated heterocycles. The van der Waals surface area contributed by atoms with Crippen LogP contribution in [0.4, 0.5) is 11.4 Å². The monoisotopic (exact) mass is 353 g/mol. The number of hydrogen-bond donors (Lipinski definition) is 3. The van der Waals surface area contributed by atoms with Crippen molar-refractivity contribution >= 4 is 23.3 Å². The average molecular weight is 353 g/mol. The van der Waals surface area contributed by atoms with Gasteiger partial charge in [-0.3, -0.25) is 4.79 Å². The lowest BCUT2D eigenvalue weighted by molar-refractivity contribution is -0.131. The summed E-state index contributed by atoms with van der Waals surface area (Å²) in [6, 6.07) is 12.5. The maximum absolute atomic E-state index is 11.4. The predicted molar refractivity (Wildman–Crippen MR) is 97.0 cm³/mol. The van der Waals surface area contributed by atoms with Crippen molar-refractivity contribution in [3.8, 4) is 5.75 Å². The summed E-state index contributed by atoms with van der Waals surface area (Å²) in [5.41, 5.74) is 2.88. The summed E-state index contributed by atoms with van der Waals surface area (Å²) in [6.45, 7) is 2.24. The first-order chi connectivity index (χ1) is 12.5. The van der Waals surface area contributed by atoms with Crippen molar-refractivity contribution in [2.75, 3.05) is 6.54 Å². The van der Waals surface area contributed by atoms with Crippen molar-refractivity contribution in [1.29, 1.82) is 0 Å². The molecular weight excluding hydrogens is 334 g/mol. The molecule has 0 heterocycles. The molecule has 0 fully saturated rings. The number of nitrogens with one attached hydrogen (secondary N) is 1. The SMILES string of the molecule is Cc1ccccc1N=Nc1cc(CCNC(=O)/C=C/C(=O)O)ccc1O. The van der Waals surface area contributed by atoms with Gasteiger partial charge in [0.1, 0.15) is 11.4 Å². The third-order valence-corrected chi connectivity index (χ3v) is 3.51. The number of azo groups is 1. The number of benzene rings is 2. The van der Waals surface area contributed by atoms with Gasteiger partial charge in [-0.15, -0.1) is 5.11 Å². The first kappa shape index (κ1) is 18.9. The van der Waals surface area contributed by atoms with Crippen LogP contribution in [0.2, 0.25) is 0 Å². The molecule has 0 aliphatic heterocycles. The van der Waals surface area contributed by atoms with E-state index in [1.807, 2.05) is 31.2 Å². The Morgan fingerprint density at radius 2 is 1.81 bits per heavy atom. The Labute approximate surface area is 150 Å². The zero-order valence-corrected chi connectivity index (χ0v) is 14.2. The van der Waals surface area contributed by atoms with Gasteiger partial charge in [0.25, 0.3) is 0 Å². The molecule has 7 nitrogen and oxygen atoms in total. The number of rotatable bonds is 7.